The van der Waals surface area contributed by atoms with Gasteiger partial charge in [0.05, 0.1) is 24.8 Å². The number of sulfonamides is 1. The Morgan fingerprint density at radius 2 is 2.15 bits per heavy atom. The van der Waals surface area contributed by atoms with E-state index >= 15 is 0 Å². The van der Waals surface area contributed by atoms with Gasteiger partial charge in [-0.15, -0.1) is 0 Å². The summed E-state index contributed by atoms with van der Waals surface area (Å²) in [5.41, 5.74) is 0.988. The molecule has 2 heterocycles. The lowest BCUT2D eigenvalue weighted by Gasteiger charge is -2.29. The van der Waals surface area contributed by atoms with Crippen LogP contribution in [0, 0.1) is 0 Å². The third kappa shape index (κ3) is 4.19. The molecule has 0 saturated carbocycles. The van der Waals surface area contributed by atoms with Crippen molar-refractivity contribution < 1.29 is 22.4 Å². The Labute approximate surface area is 153 Å². The van der Waals surface area contributed by atoms with Crippen LogP contribution < -0.4 is 14.4 Å². The fraction of sp³-hybridized carbons (Fsp3) is 0.389. The zero-order chi connectivity index (χ0) is 18.6. The number of furan rings is 1. The quantitative estimate of drug-likeness (QED) is 0.835. The monoisotopic (exact) mass is 378 g/mol. The first-order valence-electron chi connectivity index (χ1n) is 8.50. The van der Waals surface area contributed by atoms with Gasteiger partial charge in [-0.25, -0.2) is 8.42 Å². The summed E-state index contributed by atoms with van der Waals surface area (Å²) in [5, 5.41) is 2.80. The van der Waals surface area contributed by atoms with Gasteiger partial charge in [0.2, 0.25) is 15.9 Å². The number of amides is 1. The number of hydrogen-bond donors (Lipinski definition) is 1. The van der Waals surface area contributed by atoms with Crippen LogP contribution >= 0.6 is 0 Å². The molecule has 0 spiro atoms. The molecule has 0 bridgehead atoms. The van der Waals surface area contributed by atoms with E-state index in [1.165, 1.54) is 11.4 Å². The molecule has 1 N–H and O–H groups in total. The molecule has 8 heteroatoms. The molecule has 1 fully saturated rings. The smallest absolute Gasteiger partial charge is 0.235 e. The van der Waals surface area contributed by atoms with Crippen molar-refractivity contribution in [3.63, 3.8) is 0 Å². The SMILES string of the molecule is COc1ccc(NC(=O)CCc2ccco2)cc1N1CCCCS1(=O)=O. The summed E-state index contributed by atoms with van der Waals surface area (Å²) in [5.74, 6) is 1.16. The highest BCUT2D eigenvalue weighted by Gasteiger charge is 2.28. The van der Waals surface area contributed by atoms with E-state index in [4.69, 9.17) is 9.15 Å². The molecule has 1 saturated heterocycles. The number of anilines is 2. The summed E-state index contributed by atoms with van der Waals surface area (Å²) in [7, 11) is -1.87. The molecule has 1 aliphatic rings. The van der Waals surface area contributed by atoms with Gasteiger partial charge in [0, 0.05) is 25.1 Å². The highest BCUT2D eigenvalue weighted by Crippen LogP contribution is 2.35. The largest absolute Gasteiger partial charge is 0.495 e. The number of nitrogens with zero attached hydrogens (tertiary/aromatic N) is 1. The Hall–Kier alpha value is -2.48. The summed E-state index contributed by atoms with van der Waals surface area (Å²) >= 11 is 0. The Morgan fingerprint density at radius 3 is 2.85 bits per heavy atom. The van der Waals surface area contributed by atoms with Crippen molar-refractivity contribution in [1.82, 2.24) is 0 Å². The van der Waals surface area contributed by atoms with Crippen LogP contribution in [0.15, 0.2) is 41.0 Å². The molecule has 26 heavy (non-hydrogen) atoms. The topological polar surface area (TPSA) is 88.8 Å². The minimum atomic E-state index is -3.37. The number of rotatable bonds is 6. The standard InChI is InChI=1S/C18H22N2O5S/c1-24-17-8-6-14(19-18(21)9-7-15-5-4-11-25-15)13-16(17)20-10-2-3-12-26(20,22)23/h4-6,8,11,13H,2-3,7,9-10,12H2,1H3,(H,19,21). The number of carbonyl (C=O) groups is 1. The van der Waals surface area contributed by atoms with Crippen LogP contribution in [0.3, 0.4) is 0 Å². The summed E-state index contributed by atoms with van der Waals surface area (Å²) < 4.78 is 36.7. The van der Waals surface area contributed by atoms with Gasteiger partial charge in [-0.05, 0) is 43.2 Å². The average Bonchev–Trinajstić information content (AvgIpc) is 3.13. The van der Waals surface area contributed by atoms with Crippen molar-refractivity contribution in [2.45, 2.75) is 25.7 Å². The van der Waals surface area contributed by atoms with Gasteiger partial charge in [-0.1, -0.05) is 0 Å². The fourth-order valence-corrected chi connectivity index (χ4v) is 4.58. The van der Waals surface area contributed by atoms with Crippen LogP contribution in [0.4, 0.5) is 11.4 Å². The van der Waals surface area contributed by atoms with Gasteiger partial charge in [-0.3, -0.25) is 9.10 Å². The van der Waals surface area contributed by atoms with Gasteiger partial charge in [0.1, 0.15) is 11.5 Å². The third-order valence-corrected chi connectivity index (χ3v) is 6.11. The second kappa shape index (κ2) is 7.82. The summed E-state index contributed by atoms with van der Waals surface area (Å²) in [4.78, 5) is 12.2. The second-order valence-corrected chi connectivity index (χ2v) is 8.12. The second-order valence-electron chi connectivity index (χ2n) is 6.11. The molecule has 1 aliphatic heterocycles. The minimum Gasteiger partial charge on any atom is -0.495 e. The molecule has 1 aromatic carbocycles. The normalized spacial score (nSPS) is 16.3. The fourth-order valence-electron chi connectivity index (χ4n) is 2.94. The van der Waals surface area contributed by atoms with Gasteiger partial charge >= 0.3 is 0 Å². The first-order chi connectivity index (χ1) is 12.5. The molecule has 7 nitrogen and oxygen atoms in total. The Kier molecular flexibility index (Phi) is 5.51. The van der Waals surface area contributed by atoms with Crippen LogP contribution in [0.1, 0.15) is 25.0 Å². The van der Waals surface area contributed by atoms with Crippen LogP contribution in [0.2, 0.25) is 0 Å². The maximum atomic E-state index is 12.4. The summed E-state index contributed by atoms with van der Waals surface area (Å²) in [6.45, 7) is 0.411. The van der Waals surface area contributed by atoms with Crippen molar-refractivity contribution in [2.75, 3.05) is 29.0 Å². The van der Waals surface area contributed by atoms with E-state index in [-0.39, 0.29) is 18.1 Å². The number of aryl methyl sites for hydroxylation is 1. The number of hydrogen-bond acceptors (Lipinski definition) is 5. The van der Waals surface area contributed by atoms with Crippen LogP contribution in [-0.4, -0.2) is 33.7 Å². The van der Waals surface area contributed by atoms with E-state index in [9.17, 15) is 13.2 Å². The van der Waals surface area contributed by atoms with Gasteiger partial charge < -0.3 is 14.5 Å². The lowest BCUT2D eigenvalue weighted by molar-refractivity contribution is -0.116. The zero-order valence-electron chi connectivity index (χ0n) is 14.6. The van der Waals surface area contributed by atoms with E-state index in [0.717, 1.165) is 12.2 Å². The maximum absolute atomic E-state index is 12.4. The lowest BCUT2D eigenvalue weighted by atomic mass is 10.2. The van der Waals surface area contributed by atoms with Gasteiger partial charge in [0.15, 0.2) is 0 Å². The number of carbonyl (C=O) groups excluding carboxylic acids is 1. The number of nitrogens with one attached hydrogen (secondary N) is 1. The van der Waals surface area contributed by atoms with Gasteiger partial charge in [0.25, 0.3) is 0 Å². The first kappa shape index (κ1) is 18.3. The van der Waals surface area contributed by atoms with Gasteiger partial charge in [-0.2, -0.15) is 0 Å². The third-order valence-electron chi connectivity index (χ3n) is 4.26. The Balaban J connectivity index is 1.75. The average molecular weight is 378 g/mol. The van der Waals surface area contributed by atoms with E-state index in [1.807, 2.05) is 6.07 Å². The molecule has 0 unspecified atom stereocenters. The molecular weight excluding hydrogens is 356 g/mol. The van der Waals surface area contributed by atoms with Crippen LogP contribution in [0.25, 0.3) is 0 Å². The molecule has 0 radical (unpaired) electrons. The van der Waals surface area contributed by atoms with E-state index in [2.05, 4.69) is 5.32 Å². The zero-order valence-corrected chi connectivity index (χ0v) is 15.4. The van der Waals surface area contributed by atoms with Crippen molar-refractivity contribution in [3.05, 3.63) is 42.4 Å². The molecule has 1 aromatic heterocycles. The van der Waals surface area contributed by atoms with Crippen molar-refractivity contribution >= 4 is 27.3 Å². The number of ether oxygens (including phenoxy) is 1. The molecule has 3 rings (SSSR count). The molecule has 140 valence electrons. The molecule has 2 aromatic rings. The summed E-state index contributed by atoms with van der Waals surface area (Å²) in [6, 6.07) is 8.61. The molecule has 0 atom stereocenters. The van der Waals surface area contributed by atoms with E-state index in [0.29, 0.717) is 36.5 Å². The molecule has 1 amide bonds. The van der Waals surface area contributed by atoms with Crippen molar-refractivity contribution in [2.24, 2.45) is 0 Å². The predicted molar refractivity (Wildman–Crippen MR) is 99.0 cm³/mol. The summed E-state index contributed by atoms with van der Waals surface area (Å²) in [6.07, 6.45) is 3.80. The Morgan fingerprint density at radius 1 is 1.31 bits per heavy atom. The van der Waals surface area contributed by atoms with E-state index < -0.39 is 10.0 Å². The molecular formula is C18H22N2O5S. The maximum Gasteiger partial charge on any atom is 0.235 e. The first-order valence-corrected chi connectivity index (χ1v) is 10.1. The highest BCUT2D eigenvalue weighted by atomic mass is 32.2. The van der Waals surface area contributed by atoms with Crippen molar-refractivity contribution in [3.8, 4) is 5.75 Å². The lowest BCUT2D eigenvalue weighted by Crippen LogP contribution is -2.38. The highest BCUT2D eigenvalue weighted by molar-refractivity contribution is 7.92. The van der Waals surface area contributed by atoms with Crippen LogP contribution in [0.5, 0.6) is 5.75 Å². The van der Waals surface area contributed by atoms with Crippen molar-refractivity contribution in [1.29, 1.82) is 0 Å². The minimum absolute atomic E-state index is 0.121. The van der Waals surface area contributed by atoms with Crippen LogP contribution in [-0.2, 0) is 21.2 Å². The number of methoxy groups -OCH3 is 1. The number of benzene rings is 1. The van der Waals surface area contributed by atoms with E-state index in [1.54, 1.807) is 30.5 Å². The predicted octanol–water partition coefficient (Wildman–Crippen LogP) is 2.79. The Bertz CT molecular complexity index is 862. The molecule has 0 aliphatic carbocycles.